The van der Waals surface area contributed by atoms with Crippen LogP contribution in [0.1, 0.15) is 62.1 Å². The van der Waals surface area contributed by atoms with Crippen LogP contribution < -0.4 is 10.6 Å². The molecule has 0 aromatic heterocycles. The quantitative estimate of drug-likeness (QED) is 0.602. The molecular weight excluding hydrogens is 316 g/mol. The zero-order valence-corrected chi connectivity index (χ0v) is 11.8. The van der Waals surface area contributed by atoms with Crippen molar-refractivity contribution in [1.29, 1.82) is 0 Å². The molecule has 0 atom stereocenters. The van der Waals surface area contributed by atoms with Gasteiger partial charge in [0.05, 0.1) is 11.1 Å². The van der Waals surface area contributed by atoms with E-state index < -0.39 is 23.6 Å². The minimum Gasteiger partial charge on any atom is -0.298 e. The summed E-state index contributed by atoms with van der Waals surface area (Å²) in [4.78, 5) is 71.2. The van der Waals surface area contributed by atoms with Crippen LogP contribution in [0.5, 0.6) is 0 Å². The van der Waals surface area contributed by atoms with Crippen LogP contribution in [0.15, 0.2) is 12.1 Å². The van der Waals surface area contributed by atoms with Gasteiger partial charge in [0, 0.05) is 33.0 Å². The Morgan fingerprint density at radius 2 is 1.00 bits per heavy atom. The second-order valence-corrected chi connectivity index (χ2v) is 5.33. The summed E-state index contributed by atoms with van der Waals surface area (Å²) in [5.41, 5.74) is -0.453. The van der Waals surface area contributed by atoms with Gasteiger partial charge in [-0.25, -0.2) is 0 Å². The molecule has 0 aliphatic carbocycles. The van der Waals surface area contributed by atoms with Crippen LogP contribution in [0.4, 0.5) is 0 Å². The van der Waals surface area contributed by atoms with E-state index in [0.717, 1.165) is 0 Å². The molecule has 2 aromatic carbocycles. The minimum atomic E-state index is -0.801. The average Bonchev–Trinajstić information content (AvgIpc) is 2.56. The van der Waals surface area contributed by atoms with Crippen molar-refractivity contribution in [3.8, 4) is 0 Å². The number of amides is 4. The minimum absolute atomic E-state index is 0.0344. The van der Waals surface area contributed by atoms with Crippen molar-refractivity contribution in [2.24, 2.45) is 0 Å². The van der Waals surface area contributed by atoms with Gasteiger partial charge in [0.15, 0.2) is 12.6 Å². The summed E-state index contributed by atoms with van der Waals surface area (Å²) in [6, 6.07) is 2.34. The summed E-state index contributed by atoms with van der Waals surface area (Å²) in [6.45, 7) is 0. The molecule has 8 nitrogen and oxygen atoms in total. The van der Waals surface area contributed by atoms with Gasteiger partial charge in [0.2, 0.25) is 0 Å². The van der Waals surface area contributed by atoms with Crippen LogP contribution in [0.3, 0.4) is 0 Å². The van der Waals surface area contributed by atoms with E-state index in [0.29, 0.717) is 12.6 Å². The molecular formula is C16H6N2O6. The van der Waals surface area contributed by atoms with Gasteiger partial charge in [-0.15, -0.1) is 0 Å². The Balaban J connectivity index is 2.38. The Labute approximate surface area is 132 Å². The van der Waals surface area contributed by atoms with Gasteiger partial charge in [0.25, 0.3) is 23.6 Å². The SMILES string of the molecule is O=Cc1cc2c3c(c(C=O)cc4c3c1C(=O)NC4=O)C(=O)NC2=O. The zero-order valence-electron chi connectivity index (χ0n) is 11.8. The van der Waals surface area contributed by atoms with Crippen LogP contribution >= 0.6 is 0 Å². The standard InChI is InChI=1S/C16H6N2O6/c19-3-5-1-7-11-10(16(24)17-13(7)21)6(4-20)2-8-12(11)9(5)15(23)18-14(8)22/h1-4H,(H,17,21,24)(H,18,22,23). The molecule has 0 unspecified atom stereocenters. The van der Waals surface area contributed by atoms with E-state index in [-0.39, 0.29) is 44.2 Å². The molecule has 0 spiro atoms. The van der Waals surface area contributed by atoms with Crippen LogP contribution in [-0.4, -0.2) is 36.2 Å². The van der Waals surface area contributed by atoms with Crippen LogP contribution in [0.25, 0.3) is 10.8 Å². The monoisotopic (exact) mass is 322 g/mol. The second kappa shape index (κ2) is 4.42. The van der Waals surface area contributed by atoms with E-state index in [1.165, 1.54) is 12.1 Å². The third-order valence-corrected chi connectivity index (χ3v) is 4.12. The molecule has 0 radical (unpaired) electrons. The van der Waals surface area contributed by atoms with E-state index in [1.807, 2.05) is 0 Å². The Morgan fingerprint density at radius 3 is 1.33 bits per heavy atom. The fraction of sp³-hybridized carbons (Fsp3) is 0. The number of nitrogens with one attached hydrogen (secondary N) is 2. The van der Waals surface area contributed by atoms with Gasteiger partial charge in [-0.2, -0.15) is 0 Å². The van der Waals surface area contributed by atoms with Crippen LogP contribution in [0.2, 0.25) is 0 Å². The topological polar surface area (TPSA) is 126 Å². The number of benzene rings is 2. The first-order valence-corrected chi connectivity index (χ1v) is 6.77. The molecule has 0 bridgehead atoms. The largest absolute Gasteiger partial charge is 0.298 e. The van der Waals surface area contributed by atoms with Crippen molar-refractivity contribution in [2.45, 2.75) is 0 Å². The number of carbonyl (C=O) groups excluding carboxylic acids is 6. The Bertz CT molecular complexity index is 981. The predicted octanol–water partition coefficient (Wildman–Crippen LogP) is 0.232. The number of imide groups is 2. The lowest BCUT2D eigenvalue weighted by atomic mass is 9.83. The summed E-state index contributed by atoms with van der Waals surface area (Å²) in [5, 5.41) is 4.23. The van der Waals surface area contributed by atoms with Crippen LogP contribution in [0, 0.1) is 0 Å². The third-order valence-electron chi connectivity index (χ3n) is 4.12. The highest BCUT2D eigenvalue weighted by atomic mass is 16.2. The Kier molecular flexibility index (Phi) is 2.57. The summed E-state index contributed by atoms with van der Waals surface area (Å²) in [6.07, 6.45) is 0.781. The summed E-state index contributed by atoms with van der Waals surface area (Å²) in [5.74, 6) is -3.14. The molecule has 2 aromatic rings. The predicted molar refractivity (Wildman–Crippen MR) is 78.3 cm³/mol. The Morgan fingerprint density at radius 1 is 0.625 bits per heavy atom. The fourth-order valence-corrected chi connectivity index (χ4v) is 3.18. The smallest absolute Gasteiger partial charge is 0.259 e. The van der Waals surface area contributed by atoms with E-state index in [2.05, 4.69) is 10.6 Å². The summed E-state index contributed by atoms with van der Waals surface area (Å²) < 4.78 is 0. The van der Waals surface area contributed by atoms with Crippen molar-refractivity contribution in [1.82, 2.24) is 10.6 Å². The molecule has 4 amide bonds. The molecule has 2 N–H and O–H groups in total. The normalized spacial score (nSPS) is 15.2. The number of aldehydes is 2. The number of hydrogen-bond donors (Lipinski definition) is 2. The molecule has 0 fully saturated rings. The fourth-order valence-electron chi connectivity index (χ4n) is 3.18. The maximum Gasteiger partial charge on any atom is 0.259 e. The summed E-state index contributed by atoms with van der Waals surface area (Å²) >= 11 is 0. The molecule has 116 valence electrons. The molecule has 4 rings (SSSR count). The van der Waals surface area contributed by atoms with Gasteiger partial charge in [0.1, 0.15) is 0 Å². The van der Waals surface area contributed by atoms with Crippen molar-refractivity contribution >= 4 is 47.0 Å². The lowest BCUT2D eigenvalue weighted by Crippen LogP contribution is -2.40. The summed E-state index contributed by atoms with van der Waals surface area (Å²) in [7, 11) is 0. The molecule has 0 saturated carbocycles. The molecule has 2 aliphatic rings. The highest BCUT2D eigenvalue weighted by Gasteiger charge is 2.36. The lowest BCUT2D eigenvalue weighted by Gasteiger charge is -2.25. The van der Waals surface area contributed by atoms with Gasteiger partial charge in [-0.05, 0) is 12.1 Å². The van der Waals surface area contributed by atoms with Gasteiger partial charge >= 0.3 is 0 Å². The molecule has 2 aliphatic heterocycles. The molecule has 8 heteroatoms. The van der Waals surface area contributed by atoms with Gasteiger partial charge in [-0.3, -0.25) is 39.4 Å². The first kappa shape index (κ1) is 13.9. The Hall–Kier alpha value is -3.68. The second-order valence-electron chi connectivity index (χ2n) is 5.33. The first-order chi connectivity index (χ1) is 11.5. The van der Waals surface area contributed by atoms with E-state index >= 15 is 0 Å². The molecule has 0 saturated heterocycles. The van der Waals surface area contributed by atoms with Gasteiger partial charge < -0.3 is 0 Å². The highest BCUT2D eigenvalue weighted by molar-refractivity contribution is 6.36. The van der Waals surface area contributed by atoms with E-state index in [4.69, 9.17) is 0 Å². The third kappa shape index (κ3) is 1.51. The lowest BCUT2D eigenvalue weighted by molar-refractivity contribution is 0.0821. The molecule has 2 heterocycles. The maximum absolute atomic E-state index is 12.2. The van der Waals surface area contributed by atoms with Crippen molar-refractivity contribution in [2.75, 3.05) is 0 Å². The maximum atomic E-state index is 12.2. The van der Waals surface area contributed by atoms with Crippen molar-refractivity contribution in [3.05, 3.63) is 45.5 Å². The zero-order chi connectivity index (χ0) is 17.2. The first-order valence-electron chi connectivity index (χ1n) is 6.77. The van der Waals surface area contributed by atoms with Crippen molar-refractivity contribution in [3.63, 3.8) is 0 Å². The highest BCUT2D eigenvalue weighted by Crippen LogP contribution is 2.37. The number of rotatable bonds is 2. The van der Waals surface area contributed by atoms with Gasteiger partial charge in [-0.1, -0.05) is 0 Å². The van der Waals surface area contributed by atoms with E-state index in [9.17, 15) is 28.8 Å². The van der Waals surface area contributed by atoms with E-state index in [1.54, 1.807) is 0 Å². The van der Waals surface area contributed by atoms with Crippen molar-refractivity contribution < 1.29 is 28.8 Å². The number of carbonyl (C=O) groups is 6. The molecule has 24 heavy (non-hydrogen) atoms. The van der Waals surface area contributed by atoms with Crippen LogP contribution in [-0.2, 0) is 0 Å². The number of hydrogen-bond acceptors (Lipinski definition) is 6. The average molecular weight is 322 g/mol.